The first-order chi connectivity index (χ1) is 6.94. The monoisotopic (exact) mass is 248 g/mol. The summed E-state index contributed by atoms with van der Waals surface area (Å²) in [5, 5.41) is 0. The van der Waals surface area contributed by atoms with Crippen LogP contribution in [0.3, 0.4) is 0 Å². The number of hydrogen-bond acceptors (Lipinski definition) is 3. The van der Waals surface area contributed by atoms with Crippen molar-refractivity contribution in [2.24, 2.45) is 0 Å². The highest BCUT2D eigenvalue weighted by Crippen LogP contribution is 2.32. The summed E-state index contributed by atoms with van der Waals surface area (Å²) in [5.74, 6) is -0.843. The molecule has 0 bridgehead atoms. The molecule has 0 unspecified atom stereocenters. The van der Waals surface area contributed by atoms with Gasteiger partial charge in [0.2, 0.25) is 0 Å². The van der Waals surface area contributed by atoms with Crippen molar-refractivity contribution in [3.63, 3.8) is 0 Å². The maximum atomic E-state index is 11.5. The van der Waals surface area contributed by atoms with E-state index in [0.717, 1.165) is 0 Å². The van der Waals surface area contributed by atoms with E-state index in [-0.39, 0.29) is 12.2 Å². The number of carbonyl (C=O) groups excluding carboxylic acids is 2. The van der Waals surface area contributed by atoms with Gasteiger partial charge >= 0.3 is 5.97 Å². The molecule has 0 atom stereocenters. The van der Waals surface area contributed by atoms with Crippen LogP contribution >= 0.6 is 23.2 Å². The molecule has 0 aromatic heterocycles. The first-order valence-electron chi connectivity index (χ1n) is 4.32. The SMILES string of the molecule is COC(=O)CC(=O)C1=CCC(Cl)(Cl)C=C1. The first-order valence-corrected chi connectivity index (χ1v) is 5.07. The third-order valence-electron chi connectivity index (χ3n) is 1.96. The van der Waals surface area contributed by atoms with Crippen molar-refractivity contribution in [1.82, 2.24) is 0 Å². The van der Waals surface area contributed by atoms with Gasteiger partial charge in [-0.05, 0) is 6.08 Å². The van der Waals surface area contributed by atoms with E-state index < -0.39 is 10.3 Å². The fourth-order valence-corrected chi connectivity index (χ4v) is 1.39. The largest absolute Gasteiger partial charge is 0.469 e. The van der Waals surface area contributed by atoms with E-state index in [9.17, 15) is 9.59 Å². The van der Waals surface area contributed by atoms with Gasteiger partial charge in [-0.15, -0.1) is 0 Å². The number of esters is 1. The molecule has 5 heteroatoms. The molecule has 0 N–H and O–H groups in total. The van der Waals surface area contributed by atoms with E-state index in [2.05, 4.69) is 4.74 Å². The fourth-order valence-electron chi connectivity index (χ4n) is 1.11. The van der Waals surface area contributed by atoms with Gasteiger partial charge in [0.25, 0.3) is 0 Å². The predicted octanol–water partition coefficient (Wildman–Crippen LogP) is 2.18. The number of allylic oxidation sites excluding steroid dienone is 4. The van der Waals surface area contributed by atoms with Crippen molar-refractivity contribution in [3.05, 3.63) is 23.8 Å². The number of Topliss-reactive ketones (excluding diaryl/α,β-unsaturated/α-hetero) is 1. The van der Waals surface area contributed by atoms with Crippen LogP contribution in [0.1, 0.15) is 12.8 Å². The molecule has 0 heterocycles. The minimum atomic E-state index is -0.949. The summed E-state index contributed by atoms with van der Waals surface area (Å²) in [6, 6.07) is 0. The molecular weight excluding hydrogens is 239 g/mol. The molecule has 0 saturated carbocycles. The lowest BCUT2D eigenvalue weighted by Gasteiger charge is -2.17. The number of ketones is 1. The van der Waals surface area contributed by atoms with Gasteiger partial charge in [0.05, 0.1) is 7.11 Å². The highest BCUT2D eigenvalue weighted by Gasteiger charge is 2.24. The molecule has 3 nitrogen and oxygen atoms in total. The second-order valence-corrected chi connectivity index (χ2v) is 4.68. The lowest BCUT2D eigenvalue weighted by molar-refractivity contribution is -0.142. The fraction of sp³-hybridized carbons (Fsp3) is 0.400. The lowest BCUT2D eigenvalue weighted by Crippen LogP contribution is -2.16. The molecule has 15 heavy (non-hydrogen) atoms. The van der Waals surface area contributed by atoms with Crippen LogP contribution < -0.4 is 0 Å². The summed E-state index contributed by atoms with van der Waals surface area (Å²) in [4.78, 5) is 22.3. The van der Waals surface area contributed by atoms with Gasteiger partial charge in [-0.25, -0.2) is 0 Å². The van der Waals surface area contributed by atoms with E-state index in [1.165, 1.54) is 19.3 Å². The van der Waals surface area contributed by atoms with Crippen molar-refractivity contribution in [1.29, 1.82) is 0 Å². The number of carbonyl (C=O) groups is 2. The zero-order chi connectivity index (χ0) is 11.5. The van der Waals surface area contributed by atoms with Crippen molar-refractivity contribution >= 4 is 35.0 Å². The molecule has 0 spiro atoms. The van der Waals surface area contributed by atoms with Gasteiger partial charge in [0, 0.05) is 12.0 Å². The van der Waals surface area contributed by atoms with Crippen LogP contribution in [0.5, 0.6) is 0 Å². The molecule has 1 aliphatic carbocycles. The predicted molar refractivity (Wildman–Crippen MR) is 57.9 cm³/mol. The second kappa shape index (κ2) is 4.81. The summed E-state index contributed by atoms with van der Waals surface area (Å²) >= 11 is 11.6. The van der Waals surface area contributed by atoms with Crippen molar-refractivity contribution in [2.45, 2.75) is 17.2 Å². The van der Waals surface area contributed by atoms with Crippen LogP contribution in [0.25, 0.3) is 0 Å². The van der Waals surface area contributed by atoms with Crippen LogP contribution in [0.2, 0.25) is 0 Å². The number of alkyl halides is 2. The Morgan fingerprint density at radius 2 is 2.20 bits per heavy atom. The molecule has 0 amide bonds. The first kappa shape index (κ1) is 12.3. The van der Waals surface area contributed by atoms with E-state index in [1.807, 2.05) is 0 Å². The van der Waals surface area contributed by atoms with Gasteiger partial charge in [-0.3, -0.25) is 9.59 Å². The number of methoxy groups -OCH3 is 1. The number of hydrogen-bond donors (Lipinski definition) is 0. The van der Waals surface area contributed by atoms with Crippen LogP contribution in [-0.2, 0) is 14.3 Å². The smallest absolute Gasteiger partial charge is 0.313 e. The van der Waals surface area contributed by atoms with Crippen molar-refractivity contribution < 1.29 is 14.3 Å². The van der Waals surface area contributed by atoms with Crippen LogP contribution in [0.4, 0.5) is 0 Å². The Morgan fingerprint density at radius 3 is 2.67 bits per heavy atom. The summed E-state index contributed by atoms with van der Waals surface area (Å²) in [6.45, 7) is 0. The number of ether oxygens (including phenoxy) is 1. The molecule has 0 aliphatic heterocycles. The Hall–Kier alpha value is -0.800. The van der Waals surface area contributed by atoms with Gasteiger partial charge in [0.1, 0.15) is 10.8 Å². The van der Waals surface area contributed by atoms with Gasteiger partial charge < -0.3 is 4.74 Å². The van der Waals surface area contributed by atoms with Crippen LogP contribution in [0, 0.1) is 0 Å². The molecule has 0 saturated heterocycles. The minimum Gasteiger partial charge on any atom is -0.469 e. The lowest BCUT2D eigenvalue weighted by atomic mass is 10.0. The Labute approximate surface area is 97.7 Å². The van der Waals surface area contributed by atoms with Crippen molar-refractivity contribution in [2.75, 3.05) is 7.11 Å². The van der Waals surface area contributed by atoms with E-state index in [4.69, 9.17) is 23.2 Å². The Kier molecular flexibility index (Phi) is 3.94. The molecule has 0 aromatic carbocycles. The van der Waals surface area contributed by atoms with Gasteiger partial charge in [0.15, 0.2) is 5.78 Å². The number of halogens is 2. The summed E-state index contributed by atoms with van der Waals surface area (Å²) < 4.78 is 3.44. The summed E-state index contributed by atoms with van der Waals surface area (Å²) in [6.07, 6.45) is 4.76. The zero-order valence-corrected chi connectivity index (χ0v) is 9.64. The summed E-state index contributed by atoms with van der Waals surface area (Å²) in [7, 11) is 1.24. The normalized spacial score (nSPS) is 18.2. The average molecular weight is 249 g/mol. The molecule has 1 rings (SSSR count). The molecule has 0 fully saturated rings. The highest BCUT2D eigenvalue weighted by molar-refractivity contribution is 6.50. The highest BCUT2D eigenvalue weighted by atomic mass is 35.5. The summed E-state index contributed by atoms with van der Waals surface area (Å²) in [5.41, 5.74) is 0.442. The Balaban J connectivity index is 2.61. The van der Waals surface area contributed by atoms with E-state index in [0.29, 0.717) is 12.0 Å². The standard InChI is InChI=1S/C10H10Cl2O3/c1-15-9(14)6-8(13)7-2-4-10(11,12)5-3-7/h2-4H,5-6H2,1H3. The molecule has 1 aliphatic rings. The van der Waals surface area contributed by atoms with Crippen molar-refractivity contribution in [3.8, 4) is 0 Å². The third kappa shape index (κ3) is 3.68. The quantitative estimate of drug-likeness (QED) is 0.437. The van der Waals surface area contributed by atoms with E-state index >= 15 is 0 Å². The Bertz CT molecular complexity index is 343. The van der Waals surface area contributed by atoms with Crippen LogP contribution in [0.15, 0.2) is 23.8 Å². The van der Waals surface area contributed by atoms with Gasteiger partial charge in [-0.2, -0.15) is 0 Å². The topological polar surface area (TPSA) is 43.4 Å². The maximum absolute atomic E-state index is 11.5. The number of rotatable bonds is 3. The van der Waals surface area contributed by atoms with Crippen LogP contribution in [-0.4, -0.2) is 23.2 Å². The molecule has 0 radical (unpaired) electrons. The molecular formula is C10H10Cl2O3. The zero-order valence-electron chi connectivity index (χ0n) is 8.13. The second-order valence-electron chi connectivity index (χ2n) is 3.13. The van der Waals surface area contributed by atoms with E-state index in [1.54, 1.807) is 6.08 Å². The average Bonchev–Trinajstić information content (AvgIpc) is 2.17. The molecule has 82 valence electrons. The molecule has 0 aromatic rings. The maximum Gasteiger partial charge on any atom is 0.313 e. The Morgan fingerprint density at radius 1 is 1.53 bits per heavy atom. The van der Waals surface area contributed by atoms with Gasteiger partial charge in [-0.1, -0.05) is 35.4 Å². The third-order valence-corrected chi connectivity index (χ3v) is 2.52. The minimum absolute atomic E-state index is 0.260.